The zero-order valence-corrected chi connectivity index (χ0v) is 9.39. The quantitative estimate of drug-likeness (QED) is 0.175. The van der Waals surface area contributed by atoms with Crippen molar-refractivity contribution in [2.24, 2.45) is 10.1 Å². The minimum absolute atomic E-state index is 0.111. The van der Waals surface area contributed by atoms with Gasteiger partial charge in [0.05, 0.1) is 11.5 Å². The minimum Gasteiger partial charge on any atom is -0.513 e. The maximum atomic E-state index is 8.78. The highest BCUT2D eigenvalue weighted by Gasteiger charge is 1.94. The number of guanidine groups is 1. The van der Waals surface area contributed by atoms with Crippen molar-refractivity contribution >= 4 is 17.9 Å². The van der Waals surface area contributed by atoms with E-state index in [1.165, 1.54) is 11.9 Å². The third-order valence-electron chi connectivity index (χ3n) is 1.36. The van der Waals surface area contributed by atoms with Crippen LogP contribution in [0.1, 0.15) is 12.8 Å². The molecule has 0 radical (unpaired) electrons. The molecule has 0 aromatic heterocycles. The van der Waals surface area contributed by atoms with Gasteiger partial charge in [0.2, 0.25) is 0 Å². The topological polar surface area (TPSA) is 90.9 Å². The van der Waals surface area contributed by atoms with Crippen LogP contribution in [0.15, 0.2) is 29.1 Å². The van der Waals surface area contributed by atoms with Crippen LogP contribution in [0.25, 0.3) is 0 Å². The van der Waals surface area contributed by atoms with Crippen LogP contribution >= 0.6 is 11.9 Å². The fourth-order valence-corrected chi connectivity index (χ4v) is 1.27. The molecular formula is C9H17N3O2S. The normalized spacial score (nSPS) is 11.1. The van der Waals surface area contributed by atoms with E-state index >= 15 is 0 Å². The molecule has 0 aliphatic heterocycles. The summed E-state index contributed by atoms with van der Waals surface area (Å²) in [4.78, 5) is 0. The summed E-state index contributed by atoms with van der Waals surface area (Å²) >= 11 is 1.24. The van der Waals surface area contributed by atoms with E-state index in [9.17, 15) is 0 Å². The first-order chi connectivity index (χ1) is 7.02. The van der Waals surface area contributed by atoms with Crippen LogP contribution in [0.2, 0.25) is 0 Å². The Balaban J connectivity index is 3.52. The summed E-state index contributed by atoms with van der Waals surface area (Å²) in [6.45, 7) is 7.19. The Morgan fingerprint density at radius 2 is 1.87 bits per heavy atom. The Hall–Kier alpha value is -1.30. The maximum absolute atomic E-state index is 8.78. The van der Waals surface area contributed by atoms with Crippen LogP contribution in [0, 0.1) is 0 Å². The molecule has 0 bridgehead atoms. The van der Waals surface area contributed by atoms with Gasteiger partial charge in [-0.15, -0.1) is 0 Å². The molecule has 0 aliphatic carbocycles. The molecule has 15 heavy (non-hydrogen) atoms. The van der Waals surface area contributed by atoms with Crippen molar-refractivity contribution in [2.75, 3.05) is 12.3 Å². The zero-order valence-electron chi connectivity index (χ0n) is 8.57. The Kier molecular flexibility index (Phi) is 7.35. The van der Waals surface area contributed by atoms with E-state index in [-0.39, 0.29) is 11.5 Å². The van der Waals surface area contributed by atoms with Gasteiger partial charge >= 0.3 is 0 Å². The largest absolute Gasteiger partial charge is 0.513 e. The summed E-state index contributed by atoms with van der Waals surface area (Å²) in [5.74, 6) is 1.18. The first-order valence-electron chi connectivity index (χ1n) is 4.45. The number of nitrogens with two attached hydrogens (primary N) is 1. The number of nitrogens with zero attached hydrogens (tertiary/aromatic N) is 1. The number of aliphatic hydroxyl groups is 2. The lowest BCUT2D eigenvalue weighted by molar-refractivity contribution is 0.391. The fraction of sp³-hybridized carbons (Fsp3) is 0.444. The SMILES string of the molecule is C=C(O)CCN/C(N)=N/SCCC(=C)O. The second-order valence-electron chi connectivity index (χ2n) is 2.87. The van der Waals surface area contributed by atoms with Crippen LogP contribution < -0.4 is 11.1 Å². The van der Waals surface area contributed by atoms with E-state index in [1.54, 1.807) is 0 Å². The Morgan fingerprint density at radius 1 is 1.27 bits per heavy atom. The van der Waals surface area contributed by atoms with Gasteiger partial charge in [-0.2, -0.15) is 4.40 Å². The van der Waals surface area contributed by atoms with Crippen molar-refractivity contribution in [2.45, 2.75) is 12.8 Å². The number of allylic oxidation sites excluding steroid dienone is 1. The van der Waals surface area contributed by atoms with Gasteiger partial charge in [0, 0.05) is 25.1 Å². The van der Waals surface area contributed by atoms with E-state index in [0.29, 0.717) is 31.1 Å². The van der Waals surface area contributed by atoms with E-state index in [2.05, 4.69) is 22.9 Å². The van der Waals surface area contributed by atoms with Gasteiger partial charge < -0.3 is 21.3 Å². The van der Waals surface area contributed by atoms with Crippen LogP contribution in [0.4, 0.5) is 0 Å². The maximum Gasteiger partial charge on any atom is 0.200 e. The predicted octanol–water partition coefficient (Wildman–Crippen LogP) is 1.46. The second kappa shape index (κ2) is 8.05. The number of nitrogens with one attached hydrogen (secondary N) is 1. The van der Waals surface area contributed by atoms with Gasteiger partial charge in [-0.3, -0.25) is 0 Å². The van der Waals surface area contributed by atoms with Crippen molar-refractivity contribution in [3.8, 4) is 0 Å². The molecular weight excluding hydrogens is 214 g/mol. The summed E-state index contributed by atoms with van der Waals surface area (Å²) in [6, 6.07) is 0. The molecule has 5 N–H and O–H groups in total. The highest BCUT2D eigenvalue weighted by Crippen LogP contribution is 2.06. The molecule has 0 aromatic rings. The van der Waals surface area contributed by atoms with Gasteiger partial charge in [0.1, 0.15) is 0 Å². The molecule has 5 nitrogen and oxygen atoms in total. The van der Waals surface area contributed by atoms with E-state index in [4.69, 9.17) is 15.9 Å². The lowest BCUT2D eigenvalue weighted by atomic mass is 10.4. The minimum atomic E-state index is 0.111. The second-order valence-corrected chi connectivity index (χ2v) is 3.72. The number of hydrogen-bond donors (Lipinski definition) is 4. The third kappa shape index (κ3) is 10.6. The number of rotatable bonds is 7. The highest BCUT2D eigenvalue weighted by atomic mass is 32.2. The number of hydrogen-bond acceptors (Lipinski definition) is 4. The Morgan fingerprint density at radius 3 is 2.40 bits per heavy atom. The molecule has 0 unspecified atom stereocenters. The van der Waals surface area contributed by atoms with Crippen LogP contribution in [-0.2, 0) is 0 Å². The van der Waals surface area contributed by atoms with Crippen molar-refractivity contribution in [1.29, 1.82) is 0 Å². The summed E-state index contributed by atoms with van der Waals surface area (Å²) in [6.07, 6.45) is 0.934. The first-order valence-corrected chi connectivity index (χ1v) is 5.39. The highest BCUT2D eigenvalue weighted by molar-refractivity contribution is 7.98. The van der Waals surface area contributed by atoms with E-state index in [1.807, 2.05) is 0 Å². The summed E-state index contributed by atoms with van der Waals surface area (Å²) in [5.41, 5.74) is 5.50. The van der Waals surface area contributed by atoms with E-state index < -0.39 is 0 Å². The molecule has 0 saturated heterocycles. The molecule has 0 aromatic carbocycles. The summed E-state index contributed by atoms with van der Waals surface area (Å²) < 4.78 is 3.93. The van der Waals surface area contributed by atoms with Crippen molar-refractivity contribution < 1.29 is 10.2 Å². The number of aliphatic hydroxyl groups excluding tert-OH is 2. The molecule has 0 rings (SSSR count). The predicted molar refractivity (Wildman–Crippen MR) is 64.9 cm³/mol. The molecule has 0 heterocycles. The first kappa shape index (κ1) is 13.7. The van der Waals surface area contributed by atoms with Crippen LogP contribution in [0.3, 0.4) is 0 Å². The zero-order chi connectivity index (χ0) is 11.7. The average Bonchev–Trinajstić information content (AvgIpc) is 2.11. The molecule has 0 amide bonds. The summed E-state index contributed by atoms with van der Waals surface area (Å²) in [7, 11) is 0. The Labute approximate surface area is 93.9 Å². The third-order valence-corrected chi connectivity index (χ3v) is 2.08. The van der Waals surface area contributed by atoms with Gasteiger partial charge in [-0.05, 0) is 11.9 Å². The van der Waals surface area contributed by atoms with Gasteiger partial charge in [-0.1, -0.05) is 13.2 Å². The lowest BCUT2D eigenvalue weighted by Crippen LogP contribution is -2.31. The summed E-state index contributed by atoms with van der Waals surface area (Å²) in [5, 5.41) is 20.4. The smallest absolute Gasteiger partial charge is 0.200 e. The fourth-order valence-electron chi connectivity index (χ4n) is 0.646. The lowest BCUT2D eigenvalue weighted by Gasteiger charge is -2.03. The van der Waals surface area contributed by atoms with Crippen molar-refractivity contribution in [1.82, 2.24) is 5.32 Å². The van der Waals surface area contributed by atoms with Crippen LogP contribution in [-0.4, -0.2) is 28.5 Å². The molecule has 86 valence electrons. The molecule has 0 spiro atoms. The molecule has 6 heteroatoms. The van der Waals surface area contributed by atoms with Gasteiger partial charge in [0.25, 0.3) is 0 Å². The Bertz CT molecular complexity index is 254. The van der Waals surface area contributed by atoms with Crippen LogP contribution in [0.5, 0.6) is 0 Å². The van der Waals surface area contributed by atoms with Crippen molar-refractivity contribution in [3.63, 3.8) is 0 Å². The molecule has 0 saturated carbocycles. The molecule has 0 fully saturated rings. The van der Waals surface area contributed by atoms with Gasteiger partial charge in [-0.25, -0.2) is 0 Å². The average molecular weight is 231 g/mol. The standard InChI is InChI=1S/C9H17N3O2S/c1-7(13)3-5-11-9(10)12-15-6-4-8(2)14/h13-14H,1-6H2,(H3,10,11,12). The molecule has 0 aliphatic rings. The van der Waals surface area contributed by atoms with Crippen molar-refractivity contribution in [3.05, 3.63) is 24.7 Å². The van der Waals surface area contributed by atoms with Gasteiger partial charge in [0.15, 0.2) is 5.96 Å². The molecule has 0 atom stereocenters. The van der Waals surface area contributed by atoms with E-state index in [0.717, 1.165) is 0 Å². The monoisotopic (exact) mass is 231 g/mol.